The van der Waals surface area contributed by atoms with Gasteiger partial charge < -0.3 is 25.0 Å². The summed E-state index contributed by atoms with van der Waals surface area (Å²) in [5.74, 6) is 0.161. The molecule has 2 N–H and O–H groups in total. The molecule has 8 nitrogen and oxygen atoms in total. The Labute approximate surface area is 186 Å². The van der Waals surface area contributed by atoms with Gasteiger partial charge >= 0.3 is 0 Å². The van der Waals surface area contributed by atoms with E-state index >= 15 is 0 Å². The molecule has 0 saturated carbocycles. The van der Waals surface area contributed by atoms with E-state index in [-0.39, 0.29) is 11.8 Å². The maximum Gasteiger partial charge on any atom is 0.255 e. The minimum atomic E-state index is -0.182. The van der Waals surface area contributed by atoms with Crippen LogP contribution in [-0.2, 0) is 9.53 Å². The number of carbonyl (C=O) groups is 2. The molecule has 0 radical (unpaired) electrons. The van der Waals surface area contributed by atoms with Gasteiger partial charge in [-0.25, -0.2) is 0 Å². The highest BCUT2D eigenvalue weighted by atomic mass is 127. The summed E-state index contributed by atoms with van der Waals surface area (Å²) < 4.78 is 11.5. The van der Waals surface area contributed by atoms with Crippen molar-refractivity contribution in [2.45, 2.75) is 13.8 Å². The van der Waals surface area contributed by atoms with Gasteiger partial charge in [-0.3, -0.25) is 14.5 Å². The zero-order valence-corrected chi connectivity index (χ0v) is 19.6. The van der Waals surface area contributed by atoms with Crippen molar-refractivity contribution in [1.29, 1.82) is 0 Å². The van der Waals surface area contributed by atoms with Gasteiger partial charge in [-0.05, 0) is 41.7 Å². The lowest BCUT2D eigenvalue weighted by molar-refractivity contribution is -0.118. The number of ether oxygens (including phenoxy) is 2. The number of morpholine rings is 1. The second-order valence-corrected chi connectivity index (χ2v) is 7.91. The van der Waals surface area contributed by atoms with Gasteiger partial charge in [0.05, 0.1) is 38.1 Å². The molecule has 9 heteroatoms. The molecule has 0 bridgehead atoms. The van der Waals surface area contributed by atoms with E-state index < -0.39 is 0 Å². The quantitative estimate of drug-likeness (QED) is 0.459. The number of rotatable bonds is 10. The fraction of sp³-hybridized carbons (Fsp3) is 0.600. The number of hydrogen-bond donors (Lipinski definition) is 2. The molecule has 0 spiro atoms. The fourth-order valence-electron chi connectivity index (χ4n) is 3.11. The summed E-state index contributed by atoms with van der Waals surface area (Å²) in [6.07, 6.45) is 0. The normalized spacial score (nSPS) is 14.7. The number of carbonyl (C=O) groups excluding carboxylic acids is 2. The number of anilines is 1. The molecule has 0 aliphatic carbocycles. The first kappa shape index (κ1) is 23.8. The number of benzene rings is 1. The molecule has 1 saturated heterocycles. The van der Waals surface area contributed by atoms with E-state index in [1.54, 1.807) is 12.1 Å². The molecule has 1 fully saturated rings. The minimum absolute atomic E-state index is 0.0942. The van der Waals surface area contributed by atoms with Crippen molar-refractivity contribution >= 4 is 40.1 Å². The van der Waals surface area contributed by atoms with Gasteiger partial charge in [0.2, 0.25) is 5.91 Å². The number of amides is 2. The maximum atomic E-state index is 12.6. The number of methoxy groups -OCH3 is 1. The zero-order chi connectivity index (χ0) is 21.2. The van der Waals surface area contributed by atoms with Crippen molar-refractivity contribution in [2.24, 2.45) is 0 Å². The third-order valence-electron chi connectivity index (χ3n) is 4.89. The van der Waals surface area contributed by atoms with Crippen LogP contribution in [0.4, 0.5) is 5.69 Å². The third-order valence-corrected chi connectivity index (χ3v) is 5.78. The van der Waals surface area contributed by atoms with Gasteiger partial charge in [0, 0.05) is 35.8 Å². The number of halogens is 1. The van der Waals surface area contributed by atoms with E-state index in [1.165, 1.54) is 7.11 Å². The average Bonchev–Trinajstić information content (AvgIpc) is 2.73. The molecular formula is C20H31IN4O4. The van der Waals surface area contributed by atoms with Crippen LogP contribution in [0.3, 0.4) is 0 Å². The van der Waals surface area contributed by atoms with Crippen molar-refractivity contribution in [3.05, 3.63) is 21.3 Å². The first-order valence-electron chi connectivity index (χ1n) is 9.96. The van der Waals surface area contributed by atoms with Crippen LogP contribution in [-0.4, -0.2) is 87.8 Å². The van der Waals surface area contributed by atoms with Crippen LogP contribution in [0.2, 0.25) is 0 Å². The van der Waals surface area contributed by atoms with Crippen LogP contribution in [0, 0.1) is 3.57 Å². The summed E-state index contributed by atoms with van der Waals surface area (Å²) in [7, 11) is 1.52. The topological polar surface area (TPSA) is 83.1 Å². The number of likely N-dealkylation sites (N-methyl/N-ethyl adjacent to an activating group) is 1. The van der Waals surface area contributed by atoms with Gasteiger partial charge in [0.25, 0.3) is 5.91 Å². The van der Waals surface area contributed by atoms with Gasteiger partial charge in [0.1, 0.15) is 5.75 Å². The van der Waals surface area contributed by atoms with Gasteiger partial charge in [-0.2, -0.15) is 0 Å². The zero-order valence-electron chi connectivity index (χ0n) is 17.4. The summed E-state index contributed by atoms with van der Waals surface area (Å²) in [4.78, 5) is 29.3. The highest BCUT2D eigenvalue weighted by Gasteiger charge is 2.19. The summed E-state index contributed by atoms with van der Waals surface area (Å²) in [6, 6.07) is 3.45. The molecule has 2 rings (SSSR count). The second-order valence-electron chi connectivity index (χ2n) is 6.75. The van der Waals surface area contributed by atoms with E-state index in [4.69, 9.17) is 9.47 Å². The van der Waals surface area contributed by atoms with Crippen molar-refractivity contribution in [3.63, 3.8) is 0 Å². The van der Waals surface area contributed by atoms with E-state index in [9.17, 15) is 9.59 Å². The maximum absolute atomic E-state index is 12.6. The molecule has 1 aromatic rings. The molecule has 2 amide bonds. The standard InChI is InChI=1S/C20H31IN4O4/c1-4-24(5-2)7-6-22-20(27)15-12-16(21)17(13-18(15)28-3)23-19(26)14-25-8-10-29-11-9-25/h12-13H,4-11,14H2,1-3H3,(H,22,27)(H,23,26). The summed E-state index contributed by atoms with van der Waals surface area (Å²) >= 11 is 2.12. The van der Waals surface area contributed by atoms with E-state index in [1.807, 2.05) is 0 Å². The molecule has 1 heterocycles. The molecule has 1 aromatic carbocycles. The average molecular weight is 518 g/mol. The Balaban J connectivity index is 2.00. The van der Waals surface area contributed by atoms with Crippen LogP contribution in [0.25, 0.3) is 0 Å². The second kappa shape index (κ2) is 12.3. The Kier molecular flexibility index (Phi) is 10.1. The highest BCUT2D eigenvalue weighted by Crippen LogP contribution is 2.28. The Morgan fingerprint density at radius 3 is 2.55 bits per heavy atom. The van der Waals surface area contributed by atoms with Crippen molar-refractivity contribution in [3.8, 4) is 5.75 Å². The summed E-state index contributed by atoms with van der Waals surface area (Å²) in [5, 5.41) is 5.87. The first-order chi connectivity index (χ1) is 14.0. The number of nitrogens with zero attached hydrogens (tertiary/aromatic N) is 2. The minimum Gasteiger partial charge on any atom is -0.496 e. The number of nitrogens with one attached hydrogen (secondary N) is 2. The Bertz CT molecular complexity index is 691. The van der Waals surface area contributed by atoms with Crippen LogP contribution >= 0.6 is 22.6 Å². The van der Waals surface area contributed by atoms with Gasteiger partial charge in [-0.1, -0.05) is 13.8 Å². The largest absolute Gasteiger partial charge is 0.496 e. The van der Waals surface area contributed by atoms with Crippen LogP contribution in [0.15, 0.2) is 12.1 Å². The Morgan fingerprint density at radius 1 is 1.24 bits per heavy atom. The highest BCUT2D eigenvalue weighted by molar-refractivity contribution is 14.1. The van der Waals surface area contributed by atoms with Gasteiger partial charge in [-0.15, -0.1) is 0 Å². The lowest BCUT2D eigenvalue weighted by Gasteiger charge is -2.26. The fourth-order valence-corrected chi connectivity index (χ4v) is 3.71. The first-order valence-corrected chi connectivity index (χ1v) is 11.0. The lowest BCUT2D eigenvalue weighted by atomic mass is 10.1. The molecule has 1 aliphatic rings. The predicted octanol–water partition coefficient (Wildman–Crippen LogP) is 1.64. The molecule has 0 unspecified atom stereocenters. The summed E-state index contributed by atoms with van der Waals surface area (Å²) in [5.41, 5.74) is 1.10. The van der Waals surface area contributed by atoms with Gasteiger partial charge in [0.15, 0.2) is 0 Å². The SMILES string of the molecule is CCN(CC)CCNC(=O)c1cc(I)c(NC(=O)CN2CCOCC2)cc1OC. The predicted molar refractivity (Wildman–Crippen MR) is 122 cm³/mol. The third kappa shape index (κ3) is 7.40. The monoisotopic (exact) mass is 518 g/mol. The Morgan fingerprint density at radius 2 is 1.93 bits per heavy atom. The molecule has 0 aromatic heterocycles. The van der Waals surface area contributed by atoms with Crippen LogP contribution < -0.4 is 15.4 Å². The summed E-state index contributed by atoms with van der Waals surface area (Å²) in [6.45, 7) is 10.6. The number of hydrogen-bond acceptors (Lipinski definition) is 6. The van der Waals surface area contributed by atoms with Crippen molar-refractivity contribution < 1.29 is 19.1 Å². The van der Waals surface area contributed by atoms with Crippen molar-refractivity contribution in [1.82, 2.24) is 15.1 Å². The lowest BCUT2D eigenvalue weighted by Crippen LogP contribution is -2.41. The molecule has 0 atom stereocenters. The molecular weight excluding hydrogens is 487 g/mol. The van der Waals surface area contributed by atoms with E-state index in [0.717, 1.165) is 36.3 Å². The van der Waals surface area contributed by atoms with Crippen LogP contribution in [0.5, 0.6) is 5.75 Å². The van der Waals surface area contributed by atoms with E-state index in [2.05, 4.69) is 56.9 Å². The van der Waals surface area contributed by atoms with E-state index in [0.29, 0.717) is 43.3 Å². The molecule has 162 valence electrons. The smallest absolute Gasteiger partial charge is 0.255 e. The van der Waals surface area contributed by atoms with Crippen molar-refractivity contribution in [2.75, 3.05) is 71.5 Å². The Hall–Kier alpha value is -1.43. The van der Waals surface area contributed by atoms with Crippen LogP contribution in [0.1, 0.15) is 24.2 Å². The molecule has 1 aliphatic heterocycles. The molecule has 29 heavy (non-hydrogen) atoms.